The Morgan fingerprint density at radius 3 is 2.21 bits per heavy atom. The summed E-state index contributed by atoms with van der Waals surface area (Å²) in [4.78, 5) is 2.65. The first-order chi connectivity index (χ1) is 11.7. The lowest BCUT2D eigenvalue weighted by Crippen LogP contribution is -2.40. The lowest BCUT2D eigenvalue weighted by Gasteiger charge is -2.36. The van der Waals surface area contributed by atoms with Gasteiger partial charge in [0.1, 0.15) is 0 Å². The van der Waals surface area contributed by atoms with E-state index in [0.717, 1.165) is 17.9 Å². The van der Waals surface area contributed by atoms with Gasteiger partial charge in [-0.1, -0.05) is 25.1 Å². The van der Waals surface area contributed by atoms with Gasteiger partial charge in [0.15, 0.2) is 0 Å². The predicted octanol–water partition coefficient (Wildman–Crippen LogP) is 4.05. The van der Waals surface area contributed by atoms with Crippen LogP contribution < -0.4 is 5.32 Å². The van der Waals surface area contributed by atoms with Crippen molar-refractivity contribution >= 4 is 0 Å². The first kappa shape index (κ1) is 19.0. The van der Waals surface area contributed by atoms with E-state index in [1.54, 1.807) is 12.1 Å². The molecule has 1 N–H and O–H groups in total. The average molecular weight is 328 g/mol. The molecular weight excluding hydrogens is 294 g/mol. The van der Waals surface area contributed by atoms with Gasteiger partial charge in [0, 0.05) is 12.6 Å². The maximum Gasteiger partial charge on any atom is 0.0991 e. The van der Waals surface area contributed by atoms with Gasteiger partial charge in [-0.05, 0) is 82.6 Å². The van der Waals surface area contributed by atoms with Crippen LogP contribution >= 0.6 is 0 Å². The molecule has 1 aliphatic carbocycles. The lowest BCUT2D eigenvalue weighted by atomic mass is 9.86. The molecule has 1 saturated heterocycles. The number of benzene rings is 1. The summed E-state index contributed by atoms with van der Waals surface area (Å²) in [6.45, 7) is 6.21. The fraction of sp³-hybridized carbons (Fsp3) is 0.667. The third-order valence-corrected chi connectivity index (χ3v) is 5.52. The summed E-state index contributed by atoms with van der Waals surface area (Å²) in [6.07, 6.45) is 8.52. The molecule has 132 valence electrons. The zero-order valence-electron chi connectivity index (χ0n) is 15.4. The van der Waals surface area contributed by atoms with Crippen molar-refractivity contribution in [2.24, 2.45) is 11.8 Å². The Morgan fingerprint density at radius 2 is 1.67 bits per heavy atom. The molecule has 1 saturated carbocycles. The molecule has 24 heavy (non-hydrogen) atoms. The van der Waals surface area contributed by atoms with Crippen LogP contribution in [-0.4, -0.2) is 37.6 Å². The third-order valence-electron chi connectivity index (χ3n) is 5.52. The lowest BCUT2D eigenvalue weighted by molar-refractivity contribution is 0.139. The number of nitrogens with zero attached hydrogens (tertiary/aromatic N) is 2. The van der Waals surface area contributed by atoms with Crippen LogP contribution in [0.4, 0.5) is 0 Å². The molecule has 0 unspecified atom stereocenters. The Kier molecular flexibility index (Phi) is 8.28. The van der Waals surface area contributed by atoms with E-state index < -0.39 is 0 Å². The van der Waals surface area contributed by atoms with Crippen LogP contribution in [0.25, 0.3) is 0 Å². The van der Waals surface area contributed by atoms with Crippen LogP contribution in [0, 0.1) is 23.2 Å². The minimum Gasteiger partial charge on any atom is -0.317 e. The summed E-state index contributed by atoms with van der Waals surface area (Å²) in [7, 11) is 2.35. The smallest absolute Gasteiger partial charge is 0.0991 e. The van der Waals surface area contributed by atoms with E-state index in [2.05, 4.69) is 24.2 Å². The fourth-order valence-corrected chi connectivity index (χ4v) is 3.82. The number of hydrogen-bond donors (Lipinski definition) is 1. The van der Waals surface area contributed by atoms with Gasteiger partial charge in [-0.2, -0.15) is 5.26 Å². The molecule has 3 heteroatoms. The zero-order chi connectivity index (χ0) is 17.2. The molecular formula is C21H33N3. The van der Waals surface area contributed by atoms with Gasteiger partial charge in [0.25, 0.3) is 0 Å². The van der Waals surface area contributed by atoms with Crippen LogP contribution in [0.3, 0.4) is 0 Å². The maximum atomic E-state index is 8.29. The summed E-state index contributed by atoms with van der Waals surface area (Å²) >= 11 is 0. The second-order valence-electron chi connectivity index (χ2n) is 7.52. The highest BCUT2D eigenvalue weighted by molar-refractivity contribution is 5.27. The number of nitrogens with one attached hydrogen (secondary N) is 1. The molecule has 2 aliphatic rings. The highest BCUT2D eigenvalue weighted by Gasteiger charge is 2.24. The minimum absolute atomic E-state index is 0.715. The van der Waals surface area contributed by atoms with Gasteiger partial charge in [0.05, 0.1) is 11.6 Å². The molecule has 0 spiro atoms. The van der Waals surface area contributed by atoms with Crippen LogP contribution in [-0.2, 0) is 0 Å². The summed E-state index contributed by atoms with van der Waals surface area (Å²) in [5, 5.41) is 11.7. The molecule has 0 atom stereocenters. The monoisotopic (exact) mass is 327 g/mol. The zero-order valence-corrected chi connectivity index (χ0v) is 15.4. The third kappa shape index (κ3) is 6.63. The number of rotatable bonds is 3. The highest BCUT2D eigenvalue weighted by Crippen LogP contribution is 2.27. The molecule has 1 heterocycles. The second-order valence-corrected chi connectivity index (χ2v) is 7.52. The van der Waals surface area contributed by atoms with Gasteiger partial charge in [-0.25, -0.2) is 0 Å². The van der Waals surface area contributed by atoms with Gasteiger partial charge in [-0.3, -0.25) is 0 Å². The normalized spacial score (nSPS) is 24.8. The fourth-order valence-electron chi connectivity index (χ4n) is 3.82. The molecule has 0 bridgehead atoms. The molecule has 0 amide bonds. The van der Waals surface area contributed by atoms with Crippen molar-refractivity contribution in [1.82, 2.24) is 10.2 Å². The molecule has 3 nitrogen and oxygen atoms in total. The molecule has 2 fully saturated rings. The predicted molar refractivity (Wildman–Crippen MR) is 101 cm³/mol. The van der Waals surface area contributed by atoms with Crippen LogP contribution in [0.5, 0.6) is 0 Å². The first-order valence-electron chi connectivity index (χ1n) is 9.55. The van der Waals surface area contributed by atoms with Crippen LogP contribution in [0.15, 0.2) is 30.3 Å². The van der Waals surface area contributed by atoms with E-state index in [4.69, 9.17) is 5.26 Å². The quantitative estimate of drug-likeness (QED) is 0.910. The van der Waals surface area contributed by atoms with Crippen molar-refractivity contribution in [1.29, 1.82) is 5.26 Å². The largest absolute Gasteiger partial charge is 0.317 e. The van der Waals surface area contributed by atoms with E-state index in [1.165, 1.54) is 58.2 Å². The van der Waals surface area contributed by atoms with Gasteiger partial charge >= 0.3 is 0 Å². The van der Waals surface area contributed by atoms with Crippen LogP contribution in [0.1, 0.15) is 51.0 Å². The molecule has 1 aromatic carbocycles. The van der Waals surface area contributed by atoms with Crippen molar-refractivity contribution in [2.75, 3.05) is 26.7 Å². The molecule has 0 radical (unpaired) electrons. The summed E-state index contributed by atoms with van der Waals surface area (Å²) in [6, 6.07) is 12.0. The molecule has 1 aliphatic heterocycles. The van der Waals surface area contributed by atoms with E-state index >= 15 is 0 Å². The topological polar surface area (TPSA) is 39.1 Å². The van der Waals surface area contributed by atoms with Gasteiger partial charge in [-0.15, -0.1) is 0 Å². The summed E-state index contributed by atoms with van der Waals surface area (Å²) < 4.78 is 0. The number of piperidine rings is 1. The minimum atomic E-state index is 0.715. The number of hydrogen-bond acceptors (Lipinski definition) is 3. The second kappa shape index (κ2) is 10.5. The van der Waals surface area contributed by atoms with Crippen molar-refractivity contribution < 1.29 is 0 Å². The van der Waals surface area contributed by atoms with Crippen LogP contribution in [0.2, 0.25) is 0 Å². The van der Waals surface area contributed by atoms with Crippen molar-refractivity contribution in [3.05, 3.63) is 35.9 Å². The Bertz CT molecular complexity index is 480. The Labute approximate surface area is 148 Å². The first-order valence-corrected chi connectivity index (χ1v) is 9.55. The summed E-state index contributed by atoms with van der Waals surface area (Å²) in [5.41, 5.74) is 0.715. The van der Waals surface area contributed by atoms with Crippen molar-refractivity contribution in [3.8, 4) is 6.07 Å². The van der Waals surface area contributed by atoms with Crippen molar-refractivity contribution in [2.45, 2.75) is 51.5 Å². The van der Waals surface area contributed by atoms with E-state index in [0.29, 0.717) is 5.56 Å². The van der Waals surface area contributed by atoms with Gasteiger partial charge < -0.3 is 10.2 Å². The molecule has 0 aromatic heterocycles. The average Bonchev–Trinajstić information content (AvgIpc) is 2.64. The van der Waals surface area contributed by atoms with E-state index in [-0.39, 0.29) is 0 Å². The SMILES string of the molecule is CC1CCC(N(C)CC2CCNCC2)CC1.N#Cc1ccccc1. The van der Waals surface area contributed by atoms with E-state index in [9.17, 15) is 0 Å². The van der Waals surface area contributed by atoms with E-state index in [1.807, 2.05) is 24.3 Å². The highest BCUT2D eigenvalue weighted by atomic mass is 15.1. The Hall–Kier alpha value is -1.37. The van der Waals surface area contributed by atoms with Gasteiger partial charge in [0.2, 0.25) is 0 Å². The summed E-state index contributed by atoms with van der Waals surface area (Å²) in [5.74, 6) is 1.93. The number of nitriles is 1. The Morgan fingerprint density at radius 1 is 1.04 bits per heavy atom. The maximum absolute atomic E-state index is 8.29. The van der Waals surface area contributed by atoms with Crippen molar-refractivity contribution in [3.63, 3.8) is 0 Å². The standard InChI is InChI=1S/C14H28N2.C7H5N/c1-12-3-5-14(6-4-12)16(2)11-13-7-9-15-10-8-13;8-6-7-4-2-1-3-5-7/h12-15H,3-11H2,1-2H3;1-5H. The molecule has 3 rings (SSSR count). The molecule has 1 aromatic rings. The Balaban J connectivity index is 0.000000219.